The van der Waals surface area contributed by atoms with Gasteiger partial charge in [0.1, 0.15) is 11.5 Å². The van der Waals surface area contributed by atoms with E-state index in [0.29, 0.717) is 11.3 Å². The predicted molar refractivity (Wildman–Crippen MR) is 111 cm³/mol. The number of amides is 2. The van der Waals surface area contributed by atoms with Crippen molar-refractivity contribution in [3.05, 3.63) is 54.0 Å². The first-order chi connectivity index (χ1) is 13.9. The van der Waals surface area contributed by atoms with Gasteiger partial charge in [-0.1, -0.05) is 0 Å². The molecule has 2 heterocycles. The van der Waals surface area contributed by atoms with Crippen LogP contribution in [0.15, 0.2) is 47.1 Å². The number of piperidine rings is 1. The van der Waals surface area contributed by atoms with Crippen molar-refractivity contribution < 1.29 is 18.7 Å². The zero-order valence-electron chi connectivity index (χ0n) is 17.6. The number of benzene rings is 1. The predicted octanol–water partition coefficient (Wildman–Crippen LogP) is 4.28. The number of nitrogens with zero attached hydrogens (tertiary/aromatic N) is 2. The van der Waals surface area contributed by atoms with Gasteiger partial charge in [-0.05, 0) is 76.4 Å². The number of hydrogen-bond donors (Lipinski definition) is 0. The standard InChI is InChI=1S/C23H30N2O4/c1-16-7-5-8-17(2)25(16)22(26)15-29-20-12-10-19(11-13-20)23(27)24(4)18(3)21-9-6-14-28-21/h6,9-14,16-18H,5,7-8,15H2,1-4H3. The molecule has 0 spiro atoms. The summed E-state index contributed by atoms with van der Waals surface area (Å²) in [6.45, 7) is 6.11. The number of ether oxygens (including phenoxy) is 1. The van der Waals surface area contributed by atoms with Crippen molar-refractivity contribution in [3.8, 4) is 5.75 Å². The van der Waals surface area contributed by atoms with Crippen LogP contribution in [0.4, 0.5) is 0 Å². The highest BCUT2D eigenvalue weighted by Gasteiger charge is 2.29. The lowest BCUT2D eigenvalue weighted by atomic mass is 9.97. The summed E-state index contributed by atoms with van der Waals surface area (Å²) in [6.07, 6.45) is 4.84. The lowest BCUT2D eigenvalue weighted by Crippen LogP contribution is -2.49. The molecule has 1 saturated heterocycles. The third-order valence-corrected chi connectivity index (χ3v) is 5.80. The van der Waals surface area contributed by atoms with Gasteiger partial charge in [-0.15, -0.1) is 0 Å². The van der Waals surface area contributed by atoms with Crippen molar-refractivity contribution in [3.63, 3.8) is 0 Å². The Hall–Kier alpha value is -2.76. The fourth-order valence-electron chi connectivity index (χ4n) is 3.93. The molecule has 3 unspecified atom stereocenters. The molecule has 1 fully saturated rings. The summed E-state index contributed by atoms with van der Waals surface area (Å²) in [5.41, 5.74) is 0.558. The highest BCUT2D eigenvalue weighted by Crippen LogP contribution is 2.24. The molecule has 2 amide bonds. The average Bonchev–Trinajstić information content (AvgIpc) is 3.26. The van der Waals surface area contributed by atoms with Crippen molar-refractivity contribution in [1.29, 1.82) is 0 Å². The molecule has 2 aromatic rings. The molecule has 1 aliphatic rings. The van der Waals surface area contributed by atoms with Crippen LogP contribution in [0.1, 0.15) is 62.2 Å². The minimum Gasteiger partial charge on any atom is -0.484 e. The van der Waals surface area contributed by atoms with Crippen LogP contribution < -0.4 is 4.74 Å². The molecule has 1 aromatic carbocycles. The van der Waals surface area contributed by atoms with E-state index in [2.05, 4.69) is 13.8 Å². The summed E-state index contributed by atoms with van der Waals surface area (Å²) in [4.78, 5) is 28.9. The lowest BCUT2D eigenvalue weighted by Gasteiger charge is -2.38. The molecule has 1 aliphatic heterocycles. The van der Waals surface area contributed by atoms with E-state index < -0.39 is 0 Å². The second kappa shape index (κ2) is 9.16. The molecular formula is C23H30N2O4. The Morgan fingerprint density at radius 1 is 1.17 bits per heavy atom. The molecular weight excluding hydrogens is 368 g/mol. The second-order valence-corrected chi connectivity index (χ2v) is 7.85. The zero-order valence-corrected chi connectivity index (χ0v) is 17.6. The number of carbonyl (C=O) groups excluding carboxylic acids is 2. The summed E-state index contributed by atoms with van der Waals surface area (Å²) >= 11 is 0. The van der Waals surface area contributed by atoms with Crippen LogP contribution in [-0.4, -0.2) is 47.4 Å². The molecule has 6 heteroatoms. The first-order valence-corrected chi connectivity index (χ1v) is 10.2. The van der Waals surface area contributed by atoms with E-state index in [4.69, 9.17) is 9.15 Å². The third kappa shape index (κ3) is 4.81. The lowest BCUT2D eigenvalue weighted by molar-refractivity contribution is -0.139. The molecule has 156 valence electrons. The Kier molecular flexibility index (Phi) is 6.62. The normalized spacial score (nSPS) is 20.2. The minimum atomic E-state index is -0.167. The first kappa shape index (κ1) is 21.0. The number of rotatable bonds is 6. The summed E-state index contributed by atoms with van der Waals surface area (Å²) in [5.74, 6) is 1.22. The highest BCUT2D eigenvalue weighted by molar-refractivity contribution is 5.94. The zero-order chi connectivity index (χ0) is 21.0. The monoisotopic (exact) mass is 398 g/mol. The SMILES string of the molecule is CC(c1ccco1)N(C)C(=O)c1ccc(OCC(=O)N2C(C)CCCC2C)cc1. The van der Waals surface area contributed by atoms with Crippen LogP contribution in [0.2, 0.25) is 0 Å². The Morgan fingerprint density at radius 2 is 1.83 bits per heavy atom. The fourth-order valence-corrected chi connectivity index (χ4v) is 3.93. The third-order valence-electron chi connectivity index (χ3n) is 5.80. The van der Waals surface area contributed by atoms with Gasteiger partial charge in [-0.2, -0.15) is 0 Å². The molecule has 29 heavy (non-hydrogen) atoms. The van der Waals surface area contributed by atoms with E-state index in [1.807, 2.05) is 24.0 Å². The fraction of sp³-hybridized carbons (Fsp3) is 0.478. The molecule has 0 N–H and O–H groups in total. The molecule has 0 radical (unpaired) electrons. The second-order valence-electron chi connectivity index (χ2n) is 7.85. The van der Waals surface area contributed by atoms with Crippen molar-refractivity contribution in [2.75, 3.05) is 13.7 Å². The largest absolute Gasteiger partial charge is 0.484 e. The molecule has 3 rings (SSSR count). The average molecular weight is 399 g/mol. The van der Waals surface area contributed by atoms with Crippen LogP contribution in [-0.2, 0) is 4.79 Å². The van der Waals surface area contributed by atoms with Gasteiger partial charge >= 0.3 is 0 Å². The van der Waals surface area contributed by atoms with Crippen molar-refractivity contribution in [2.24, 2.45) is 0 Å². The van der Waals surface area contributed by atoms with E-state index in [-0.39, 0.29) is 36.5 Å². The van der Waals surface area contributed by atoms with Crippen LogP contribution in [0.25, 0.3) is 0 Å². The van der Waals surface area contributed by atoms with Gasteiger partial charge in [0, 0.05) is 24.7 Å². The van der Waals surface area contributed by atoms with E-state index in [0.717, 1.165) is 25.0 Å². The van der Waals surface area contributed by atoms with Gasteiger partial charge < -0.3 is 19.0 Å². The molecule has 0 aliphatic carbocycles. The van der Waals surface area contributed by atoms with E-state index in [1.54, 1.807) is 42.5 Å². The highest BCUT2D eigenvalue weighted by atomic mass is 16.5. The molecule has 0 bridgehead atoms. The Bertz CT molecular complexity index is 806. The molecule has 0 saturated carbocycles. The van der Waals surface area contributed by atoms with E-state index in [9.17, 15) is 9.59 Å². The van der Waals surface area contributed by atoms with Gasteiger partial charge in [-0.25, -0.2) is 0 Å². The first-order valence-electron chi connectivity index (χ1n) is 10.2. The summed E-state index contributed by atoms with van der Waals surface area (Å²) < 4.78 is 11.1. The van der Waals surface area contributed by atoms with Gasteiger partial charge in [0.2, 0.25) is 0 Å². The van der Waals surface area contributed by atoms with E-state index >= 15 is 0 Å². The van der Waals surface area contributed by atoms with Gasteiger partial charge in [0.15, 0.2) is 6.61 Å². The van der Waals surface area contributed by atoms with Crippen LogP contribution in [0, 0.1) is 0 Å². The molecule has 6 nitrogen and oxygen atoms in total. The maximum absolute atomic E-state index is 12.7. The summed E-state index contributed by atoms with van der Waals surface area (Å²) in [7, 11) is 1.75. The van der Waals surface area contributed by atoms with Crippen LogP contribution >= 0.6 is 0 Å². The Labute approximate surface area is 172 Å². The van der Waals surface area contributed by atoms with Crippen molar-refractivity contribution in [2.45, 2.75) is 58.2 Å². The topological polar surface area (TPSA) is 63.0 Å². The van der Waals surface area contributed by atoms with Crippen molar-refractivity contribution >= 4 is 11.8 Å². The quantitative estimate of drug-likeness (QED) is 0.729. The summed E-state index contributed by atoms with van der Waals surface area (Å²) in [5, 5.41) is 0. The van der Waals surface area contributed by atoms with Crippen molar-refractivity contribution in [1.82, 2.24) is 9.80 Å². The smallest absolute Gasteiger partial charge is 0.260 e. The summed E-state index contributed by atoms with van der Waals surface area (Å²) in [6, 6.07) is 10.9. The number of furan rings is 1. The number of carbonyl (C=O) groups is 2. The Morgan fingerprint density at radius 3 is 2.41 bits per heavy atom. The number of hydrogen-bond acceptors (Lipinski definition) is 4. The number of likely N-dealkylation sites (tertiary alicyclic amines) is 1. The van der Waals surface area contributed by atoms with E-state index in [1.165, 1.54) is 0 Å². The maximum Gasteiger partial charge on any atom is 0.260 e. The van der Waals surface area contributed by atoms with Gasteiger partial charge in [0.05, 0.1) is 12.3 Å². The minimum absolute atomic E-state index is 0.0110. The van der Waals surface area contributed by atoms with Crippen LogP contribution in [0.3, 0.4) is 0 Å². The molecule has 3 atom stereocenters. The van der Waals surface area contributed by atoms with Gasteiger partial charge in [0.25, 0.3) is 11.8 Å². The Balaban J connectivity index is 1.57. The van der Waals surface area contributed by atoms with Gasteiger partial charge in [-0.3, -0.25) is 9.59 Å². The maximum atomic E-state index is 12.7. The van der Waals surface area contributed by atoms with Crippen LogP contribution in [0.5, 0.6) is 5.75 Å². The molecule has 1 aromatic heterocycles.